The Bertz CT molecular complexity index is 1240. The average Bonchev–Trinajstić information content (AvgIpc) is 2.85. The largest absolute Gasteiger partial charge is 0.256 e. The number of halogens is 2. The number of hydrogen-bond donors (Lipinski definition) is 0. The van der Waals surface area contributed by atoms with E-state index in [2.05, 4.69) is 56.3 Å². The number of fused-ring (bicyclic) bond motifs is 6. The van der Waals surface area contributed by atoms with Gasteiger partial charge in [-0.25, -0.2) is 0 Å². The Balaban J connectivity index is 0.000000133. The average molecular weight is 532 g/mol. The molecule has 2 aromatic carbocycles. The maximum absolute atomic E-state index is 4.85. The van der Waals surface area contributed by atoms with E-state index in [-0.39, 0.29) is 15.1 Å². The van der Waals surface area contributed by atoms with E-state index in [1.807, 2.05) is 48.8 Å². The zero-order valence-electron chi connectivity index (χ0n) is 16.1. The SMILES string of the molecule is [Cl][Ru][Cl].c1cnc2c(c1)ccc1ncccc12.c1cnc2c(c1)ccc1ncccc12. The van der Waals surface area contributed by atoms with E-state index in [1.54, 1.807) is 12.4 Å². The molecule has 4 nitrogen and oxygen atoms in total. The third-order valence-corrected chi connectivity index (χ3v) is 4.71. The molecule has 4 aromatic heterocycles. The summed E-state index contributed by atoms with van der Waals surface area (Å²) in [5, 5.41) is 4.55. The number of hydrogen-bond acceptors (Lipinski definition) is 4. The minimum atomic E-state index is -0.346. The second-order valence-electron chi connectivity index (χ2n) is 6.47. The van der Waals surface area contributed by atoms with Crippen LogP contribution in [0.4, 0.5) is 0 Å². The Hall–Kier alpha value is -2.72. The summed E-state index contributed by atoms with van der Waals surface area (Å²) in [5.74, 6) is 0. The third kappa shape index (κ3) is 4.96. The normalized spacial score (nSPS) is 10.5. The first-order chi connectivity index (χ1) is 15.3. The number of nitrogens with zero attached hydrogens (tertiary/aromatic N) is 4. The van der Waals surface area contributed by atoms with Gasteiger partial charge in [0, 0.05) is 46.3 Å². The van der Waals surface area contributed by atoms with E-state index >= 15 is 0 Å². The van der Waals surface area contributed by atoms with Gasteiger partial charge in [-0.3, -0.25) is 19.9 Å². The first-order valence-corrected chi connectivity index (χ1v) is 13.8. The quantitative estimate of drug-likeness (QED) is 0.157. The van der Waals surface area contributed by atoms with Crippen LogP contribution in [0.1, 0.15) is 0 Å². The van der Waals surface area contributed by atoms with Crippen molar-refractivity contribution < 1.29 is 15.1 Å². The van der Waals surface area contributed by atoms with Crippen molar-refractivity contribution in [3.63, 3.8) is 0 Å². The number of rotatable bonds is 0. The number of aromatic nitrogens is 4. The molecular formula is C24H16Cl2N4Ru. The molecule has 0 fully saturated rings. The van der Waals surface area contributed by atoms with E-state index in [0.29, 0.717) is 0 Å². The molecule has 0 aliphatic heterocycles. The molecule has 0 saturated heterocycles. The summed E-state index contributed by atoms with van der Waals surface area (Å²) in [7, 11) is 9.71. The van der Waals surface area contributed by atoms with Crippen LogP contribution in [0.25, 0.3) is 43.6 Å². The predicted molar refractivity (Wildman–Crippen MR) is 126 cm³/mol. The van der Waals surface area contributed by atoms with Crippen molar-refractivity contribution in [1.29, 1.82) is 0 Å². The van der Waals surface area contributed by atoms with Gasteiger partial charge in [0.05, 0.1) is 22.1 Å². The molecule has 0 bridgehead atoms. The van der Waals surface area contributed by atoms with Crippen LogP contribution < -0.4 is 0 Å². The fraction of sp³-hybridized carbons (Fsp3) is 0. The molecule has 0 atom stereocenters. The van der Waals surface area contributed by atoms with Crippen LogP contribution in [0.5, 0.6) is 0 Å². The van der Waals surface area contributed by atoms with Crippen molar-refractivity contribution in [3.05, 3.63) is 97.6 Å². The molecule has 0 amide bonds. The van der Waals surface area contributed by atoms with Gasteiger partial charge in [-0.1, -0.05) is 24.3 Å². The summed E-state index contributed by atoms with van der Waals surface area (Å²) in [6.45, 7) is 0. The van der Waals surface area contributed by atoms with E-state index in [4.69, 9.17) is 19.4 Å². The number of benzene rings is 2. The Morgan fingerprint density at radius 2 is 0.871 bits per heavy atom. The van der Waals surface area contributed by atoms with E-state index in [0.717, 1.165) is 43.6 Å². The Morgan fingerprint density at radius 3 is 1.32 bits per heavy atom. The molecule has 7 heteroatoms. The first kappa shape index (κ1) is 21.5. The van der Waals surface area contributed by atoms with Gasteiger partial charge in [-0.2, -0.15) is 0 Å². The molecule has 0 saturated carbocycles. The molecule has 0 spiro atoms. The van der Waals surface area contributed by atoms with E-state index < -0.39 is 0 Å². The van der Waals surface area contributed by atoms with Crippen LogP contribution in [0.15, 0.2) is 97.6 Å². The summed E-state index contributed by atoms with van der Waals surface area (Å²) in [4.78, 5) is 17.3. The second kappa shape index (κ2) is 10.5. The predicted octanol–water partition coefficient (Wildman–Crippen LogP) is 6.94. The zero-order valence-corrected chi connectivity index (χ0v) is 19.4. The molecule has 0 aliphatic rings. The van der Waals surface area contributed by atoms with Gasteiger partial charge >= 0.3 is 34.5 Å². The first-order valence-electron chi connectivity index (χ1n) is 9.34. The van der Waals surface area contributed by atoms with Crippen LogP contribution in [0.3, 0.4) is 0 Å². The molecule has 0 aliphatic carbocycles. The van der Waals surface area contributed by atoms with Gasteiger partial charge in [0.1, 0.15) is 0 Å². The van der Waals surface area contributed by atoms with E-state index in [1.165, 1.54) is 0 Å². The Labute approximate surface area is 195 Å². The van der Waals surface area contributed by atoms with Crippen LogP contribution in [0, 0.1) is 0 Å². The maximum atomic E-state index is 4.85. The molecule has 0 radical (unpaired) electrons. The molecule has 4 heterocycles. The van der Waals surface area contributed by atoms with Gasteiger partial charge in [-0.05, 0) is 48.5 Å². The molecule has 31 heavy (non-hydrogen) atoms. The second-order valence-corrected chi connectivity index (χ2v) is 9.11. The Kier molecular flexibility index (Phi) is 7.32. The van der Waals surface area contributed by atoms with Crippen molar-refractivity contribution in [2.24, 2.45) is 0 Å². The number of pyridine rings is 4. The standard InChI is InChI=1S/2C12H8N2.2ClH.Ru/c2*1-3-9-5-6-11-10(4-2-7-13-11)12(9)14-8-1;;;/h2*1-8H;2*1H;/q;;;;+2/p-2. The Morgan fingerprint density at radius 1 is 0.484 bits per heavy atom. The fourth-order valence-corrected chi connectivity index (χ4v) is 3.39. The van der Waals surface area contributed by atoms with Crippen molar-refractivity contribution in [3.8, 4) is 0 Å². The summed E-state index contributed by atoms with van der Waals surface area (Å²) < 4.78 is 0. The summed E-state index contributed by atoms with van der Waals surface area (Å²) in [6.07, 6.45) is 7.23. The zero-order chi connectivity index (χ0) is 21.5. The van der Waals surface area contributed by atoms with Crippen LogP contribution in [0.2, 0.25) is 0 Å². The summed E-state index contributed by atoms with van der Waals surface area (Å²) in [5.41, 5.74) is 4.05. The van der Waals surface area contributed by atoms with Crippen molar-refractivity contribution in [1.82, 2.24) is 19.9 Å². The third-order valence-electron chi connectivity index (χ3n) is 4.71. The van der Waals surface area contributed by atoms with Crippen molar-refractivity contribution >= 4 is 63.0 Å². The van der Waals surface area contributed by atoms with Crippen molar-refractivity contribution in [2.45, 2.75) is 0 Å². The smallest absolute Gasteiger partial charge is 0.0795 e. The van der Waals surface area contributed by atoms with Crippen LogP contribution in [-0.2, 0) is 15.1 Å². The van der Waals surface area contributed by atoms with Gasteiger partial charge in [0.15, 0.2) is 0 Å². The molecule has 0 N–H and O–H groups in total. The van der Waals surface area contributed by atoms with Gasteiger partial charge in [0.2, 0.25) is 0 Å². The van der Waals surface area contributed by atoms with E-state index in [9.17, 15) is 0 Å². The van der Waals surface area contributed by atoms with Crippen LogP contribution in [-0.4, -0.2) is 19.9 Å². The van der Waals surface area contributed by atoms with Gasteiger partial charge in [-0.15, -0.1) is 0 Å². The topological polar surface area (TPSA) is 51.6 Å². The van der Waals surface area contributed by atoms with Gasteiger partial charge < -0.3 is 0 Å². The van der Waals surface area contributed by atoms with Crippen LogP contribution >= 0.6 is 19.4 Å². The summed E-state index contributed by atoms with van der Waals surface area (Å²) >= 11 is -0.346. The monoisotopic (exact) mass is 532 g/mol. The maximum Gasteiger partial charge on any atom is 0.0795 e. The van der Waals surface area contributed by atoms with Crippen molar-refractivity contribution in [2.75, 3.05) is 0 Å². The van der Waals surface area contributed by atoms with Gasteiger partial charge in [0.25, 0.3) is 0 Å². The fourth-order valence-electron chi connectivity index (χ4n) is 3.39. The minimum Gasteiger partial charge on any atom is -0.256 e. The molecule has 6 rings (SSSR count). The molecule has 154 valence electrons. The summed E-state index contributed by atoms with van der Waals surface area (Å²) in [6, 6.07) is 24.2. The molecule has 0 unspecified atom stereocenters. The molecular weight excluding hydrogens is 516 g/mol. The minimum absolute atomic E-state index is 0.346. The molecule has 6 aromatic rings.